The molecule has 3 heteroatoms. The highest BCUT2D eigenvalue weighted by atomic mass is 35.5. The third-order valence-corrected chi connectivity index (χ3v) is 3.00. The molecule has 0 amide bonds. The summed E-state index contributed by atoms with van der Waals surface area (Å²) in [5, 5.41) is 0.448. The molecule has 0 radical (unpaired) electrons. The Hall–Kier alpha value is -1.67. The summed E-state index contributed by atoms with van der Waals surface area (Å²) in [4.78, 5) is 10.6. The summed E-state index contributed by atoms with van der Waals surface area (Å²) in [6.45, 7) is 1.70. The lowest BCUT2D eigenvalue weighted by molar-refractivity contribution is 0.112. The average molecular weight is 249 g/mol. The second-order valence-electron chi connectivity index (χ2n) is 3.77. The topological polar surface area (TPSA) is 17.1 Å². The summed E-state index contributed by atoms with van der Waals surface area (Å²) in [7, 11) is 0. The Morgan fingerprint density at radius 3 is 2.59 bits per heavy atom. The molecule has 0 saturated heterocycles. The third-order valence-electron chi connectivity index (χ3n) is 2.69. The molecule has 0 atom stereocenters. The van der Waals surface area contributed by atoms with Crippen LogP contribution in [0.25, 0.3) is 11.1 Å². The van der Waals surface area contributed by atoms with Gasteiger partial charge in [-0.3, -0.25) is 4.79 Å². The number of rotatable bonds is 2. The van der Waals surface area contributed by atoms with E-state index in [1.807, 2.05) is 0 Å². The number of carbonyl (C=O) groups is 1. The number of aldehydes is 1. The van der Waals surface area contributed by atoms with Crippen molar-refractivity contribution in [3.63, 3.8) is 0 Å². The van der Waals surface area contributed by atoms with Gasteiger partial charge in [0.2, 0.25) is 0 Å². The molecule has 1 nitrogen and oxygen atoms in total. The van der Waals surface area contributed by atoms with Gasteiger partial charge in [0.05, 0.1) is 0 Å². The molecular formula is C14H10ClFO. The van der Waals surface area contributed by atoms with Crippen molar-refractivity contribution in [1.29, 1.82) is 0 Å². The Labute approximate surface area is 104 Å². The number of benzene rings is 2. The Kier molecular flexibility index (Phi) is 3.25. The lowest BCUT2D eigenvalue weighted by Crippen LogP contribution is -1.89. The van der Waals surface area contributed by atoms with E-state index in [1.54, 1.807) is 37.3 Å². The molecule has 86 valence electrons. The molecule has 0 spiro atoms. The fourth-order valence-corrected chi connectivity index (χ4v) is 2.01. The van der Waals surface area contributed by atoms with Crippen LogP contribution in [0.15, 0.2) is 36.4 Å². The summed E-state index contributed by atoms with van der Waals surface area (Å²) in [5.74, 6) is -0.266. The zero-order chi connectivity index (χ0) is 12.4. The quantitative estimate of drug-likeness (QED) is 0.726. The van der Waals surface area contributed by atoms with Gasteiger partial charge in [-0.2, -0.15) is 0 Å². The molecule has 0 saturated carbocycles. The summed E-state index contributed by atoms with van der Waals surface area (Å²) in [5.41, 5.74) is 2.53. The van der Waals surface area contributed by atoms with Gasteiger partial charge in [-0.25, -0.2) is 4.39 Å². The molecule has 0 N–H and O–H groups in total. The van der Waals surface area contributed by atoms with E-state index in [0.717, 1.165) is 17.4 Å². The molecule has 0 aromatic heterocycles. The van der Waals surface area contributed by atoms with Crippen LogP contribution in [0.3, 0.4) is 0 Å². The standard InChI is InChI=1S/C14H10ClFO/c1-9-11(3-2-4-14(9)16)12-6-5-10(8-17)7-13(12)15/h2-8H,1H3. The van der Waals surface area contributed by atoms with Gasteiger partial charge >= 0.3 is 0 Å². The lowest BCUT2D eigenvalue weighted by Gasteiger charge is -2.09. The van der Waals surface area contributed by atoms with Crippen LogP contribution in [-0.2, 0) is 0 Å². The average Bonchev–Trinajstić information content (AvgIpc) is 2.33. The van der Waals surface area contributed by atoms with Crippen LogP contribution in [0.5, 0.6) is 0 Å². The molecule has 0 heterocycles. The van der Waals surface area contributed by atoms with Crippen LogP contribution < -0.4 is 0 Å². The Morgan fingerprint density at radius 1 is 1.18 bits per heavy atom. The van der Waals surface area contributed by atoms with Crippen LogP contribution in [-0.4, -0.2) is 6.29 Å². The van der Waals surface area contributed by atoms with Crippen LogP contribution in [0.1, 0.15) is 15.9 Å². The number of carbonyl (C=O) groups excluding carboxylic acids is 1. The van der Waals surface area contributed by atoms with Gasteiger partial charge in [-0.05, 0) is 30.2 Å². The van der Waals surface area contributed by atoms with Gasteiger partial charge in [-0.15, -0.1) is 0 Å². The minimum absolute atomic E-state index is 0.266. The zero-order valence-corrected chi connectivity index (χ0v) is 9.96. The monoisotopic (exact) mass is 248 g/mol. The maximum absolute atomic E-state index is 13.4. The second kappa shape index (κ2) is 4.68. The molecule has 2 rings (SSSR count). The van der Waals surface area contributed by atoms with E-state index < -0.39 is 0 Å². The molecule has 0 fully saturated rings. The van der Waals surface area contributed by atoms with Crippen molar-refractivity contribution >= 4 is 17.9 Å². The maximum atomic E-state index is 13.4. The summed E-state index contributed by atoms with van der Waals surface area (Å²) in [6.07, 6.45) is 0.730. The highest BCUT2D eigenvalue weighted by Gasteiger charge is 2.09. The van der Waals surface area contributed by atoms with Crippen molar-refractivity contribution < 1.29 is 9.18 Å². The van der Waals surface area contributed by atoms with Crippen LogP contribution in [0.4, 0.5) is 4.39 Å². The minimum Gasteiger partial charge on any atom is -0.298 e. The Balaban J connectivity index is 2.61. The maximum Gasteiger partial charge on any atom is 0.150 e. The molecular weight excluding hydrogens is 239 g/mol. The van der Waals surface area contributed by atoms with Gasteiger partial charge in [0.1, 0.15) is 12.1 Å². The first-order valence-corrected chi connectivity index (χ1v) is 5.51. The van der Waals surface area contributed by atoms with E-state index >= 15 is 0 Å². The van der Waals surface area contributed by atoms with Gasteiger partial charge < -0.3 is 0 Å². The summed E-state index contributed by atoms with van der Waals surface area (Å²) in [6, 6.07) is 9.83. The first-order chi connectivity index (χ1) is 8.13. The summed E-state index contributed by atoms with van der Waals surface area (Å²) < 4.78 is 13.4. The third kappa shape index (κ3) is 2.22. The van der Waals surface area contributed by atoms with Gasteiger partial charge in [-0.1, -0.05) is 35.9 Å². The van der Waals surface area contributed by atoms with Crippen molar-refractivity contribution in [2.75, 3.05) is 0 Å². The minimum atomic E-state index is -0.266. The highest BCUT2D eigenvalue weighted by molar-refractivity contribution is 6.33. The molecule has 0 aliphatic carbocycles. The first kappa shape index (κ1) is 11.8. The highest BCUT2D eigenvalue weighted by Crippen LogP contribution is 2.31. The fourth-order valence-electron chi connectivity index (χ4n) is 1.72. The lowest BCUT2D eigenvalue weighted by atomic mass is 9.99. The van der Waals surface area contributed by atoms with E-state index in [-0.39, 0.29) is 5.82 Å². The molecule has 17 heavy (non-hydrogen) atoms. The van der Waals surface area contributed by atoms with Gasteiger partial charge in [0, 0.05) is 16.1 Å². The van der Waals surface area contributed by atoms with E-state index in [0.29, 0.717) is 16.1 Å². The van der Waals surface area contributed by atoms with Crippen molar-refractivity contribution in [2.24, 2.45) is 0 Å². The van der Waals surface area contributed by atoms with Crippen molar-refractivity contribution in [1.82, 2.24) is 0 Å². The number of hydrogen-bond acceptors (Lipinski definition) is 1. The van der Waals surface area contributed by atoms with Crippen molar-refractivity contribution in [2.45, 2.75) is 6.92 Å². The predicted molar refractivity (Wildman–Crippen MR) is 67.0 cm³/mol. The van der Waals surface area contributed by atoms with Crippen LogP contribution >= 0.6 is 11.6 Å². The molecule has 2 aromatic rings. The largest absolute Gasteiger partial charge is 0.298 e. The number of hydrogen-bond donors (Lipinski definition) is 0. The Bertz CT molecular complexity index is 578. The smallest absolute Gasteiger partial charge is 0.150 e. The second-order valence-corrected chi connectivity index (χ2v) is 4.18. The SMILES string of the molecule is Cc1c(F)cccc1-c1ccc(C=O)cc1Cl. The molecule has 0 aliphatic heterocycles. The van der Waals surface area contributed by atoms with E-state index in [9.17, 15) is 9.18 Å². The zero-order valence-electron chi connectivity index (χ0n) is 9.21. The van der Waals surface area contributed by atoms with E-state index in [4.69, 9.17) is 11.6 Å². The van der Waals surface area contributed by atoms with Crippen LogP contribution in [0.2, 0.25) is 5.02 Å². The van der Waals surface area contributed by atoms with Crippen LogP contribution in [0, 0.1) is 12.7 Å². The van der Waals surface area contributed by atoms with Crippen molar-refractivity contribution in [3.8, 4) is 11.1 Å². The van der Waals surface area contributed by atoms with E-state index in [1.165, 1.54) is 6.07 Å². The normalized spacial score (nSPS) is 10.3. The van der Waals surface area contributed by atoms with E-state index in [2.05, 4.69) is 0 Å². The Morgan fingerprint density at radius 2 is 1.94 bits per heavy atom. The molecule has 0 unspecified atom stereocenters. The van der Waals surface area contributed by atoms with Gasteiger partial charge in [0.25, 0.3) is 0 Å². The number of halogens is 2. The first-order valence-electron chi connectivity index (χ1n) is 5.13. The van der Waals surface area contributed by atoms with Crippen molar-refractivity contribution in [3.05, 3.63) is 58.4 Å². The molecule has 0 aliphatic rings. The molecule has 2 aromatic carbocycles. The molecule has 0 bridgehead atoms. The summed E-state index contributed by atoms with van der Waals surface area (Å²) >= 11 is 6.09. The fraction of sp³-hybridized carbons (Fsp3) is 0.0714. The predicted octanol–water partition coefficient (Wildman–Crippen LogP) is 4.27. The van der Waals surface area contributed by atoms with Gasteiger partial charge in [0.15, 0.2) is 0 Å².